The summed E-state index contributed by atoms with van der Waals surface area (Å²) in [7, 11) is 3.66. The van der Waals surface area contributed by atoms with E-state index in [4.69, 9.17) is 0 Å². The number of nitrogens with zero attached hydrogens (tertiary/aromatic N) is 1. The largest absolute Gasteiger partial charge is 0.590 e. The second-order valence-electron chi connectivity index (χ2n) is 9.34. The third-order valence-electron chi connectivity index (χ3n) is 6.08. The van der Waals surface area contributed by atoms with Crippen LogP contribution in [0.5, 0.6) is 0 Å². The van der Waals surface area contributed by atoms with Crippen molar-refractivity contribution in [1.29, 1.82) is 0 Å². The Labute approximate surface area is 177 Å². The molecule has 0 saturated heterocycles. The lowest BCUT2D eigenvalue weighted by Gasteiger charge is -2.39. The quantitative estimate of drug-likeness (QED) is 0.0960. The lowest BCUT2D eigenvalue weighted by Crippen LogP contribution is -2.55. The standard InChI is InChI=1S/C24H49NO2P/c1-6-8-9-10-11-12-13-14-15-16-17-18-19-20-21-23-24(22-7-2,28(26)27)25(3,4)5/h14-15H,6-13,16-23H2,1-5H3/q+1/b15-14-. The van der Waals surface area contributed by atoms with Crippen LogP contribution in [0.4, 0.5) is 0 Å². The number of rotatable bonds is 19. The van der Waals surface area contributed by atoms with Gasteiger partial charge in [-0.05, 0) is 38.5 Å². The fourth-order valence-electron chi connectivity index (χ4n) is 4.10. The molecule has 2 atom stereocenters. The van der Waals surface area contributed by atoms with Gasteiger partial charge in [0, 0.05) is 12.8 Å². The minimum absolute atomic E-state index is 0.517. The fraction of sp³-hybridized carbons (Fsp3) is 0.917. The number of unbranched alkanes of at least 4 members (excludes halogenated alkanes) is 11. The van der Waals surface area contributed by atoms with Crippen molar-refractivity contribution in [3.05, 3.63) is 12.2 Å². The molecule has 0 aliphatic carbocycles. The number of hydrogen-bond donors (Lipinski definition) is 0. The van der Waals surface area contributed by atoms with Crippen LogP contribution in [0, 0.1) is 0 Å². The Hall–Kier alpha value is -0.240. The van der Waals surface area contributed by atoms with E-state index >= 15 is 0 Å². The molecule has 0 aromatic heterocycles. The van der Waals surface area contributed by atoms with Gasteiger partial charge in [-0.2, -0.15) is 0 Å². The maximum Gasteiger partial charge on any atom is 0.376 e. The Morgan fingerprint density at radius 3 is 1.61 bits per heavy atom. The highest BCUT2D eigenvalue weighted by Crippen LogP contribution is 2.45. The van der Waals surface area contributed by atoms with Crippen molar-refractivity contribution in [3.8, 4) is 0 Å². The molecule has 0 aliphatic rings. The van der Waals surface area contributed by atoms with E-state index in [0.717, 1.165) is 32.1 Å². The van der Waals surface area contributed by atoms with E-state index in [1.807, 2.05) is 21.1 Å². The summed E-state index contributed by atoms with van der Waals surface area (Å²) in [6, 6.07) is 0. The van der Waals surface area contributed by atoms with Gasteiger partial charge in [-0.15, -0.1) is 0 Å². The van der Waals surface area contributed by atoms with Gasteiger partial charge in [-0.3, -0.25) is 4.48 Å². The highest BCUT2D eigenvalue weighted by molar-refractivity contribution is 7.38. The van der Waals surface area contributed by atoms with E-state index in [9.17, 15) is 9.46 Å². The van der Waals surface area contributed by atoms with Gasteiger partial charge >= 0.3 is 8.03 Å². The lowest BCUT2D eigenvalue weighted by atomic mass is 9.99. The predicted octanol–water partition coefficient (Wildman–Crippen LogP) is 7.33. The smallest absolute Gasteiger partial charge is 0.376 e. The molecule has 0 aromatic rings. The predicted molar refractivity (Wildman–Crippen MR) is 123 cm³/mol. The Morgan fingerprint density at radius 2 is 1.18 bits per heavy atom. The summed E-state index contributed by atoms with van der Waals surface area (Å²) >= 11 is 0. The van der Waals surface area contributed by atoms with E-state index < -0.39 is 13.3 Å². The van der Waals surface area contributed by atoms with Crippen LogP contribution >= 0.6 is 8.03 Å². The van der Waals surface area contributed by atoms with Crippen LogP contribution in [0.3, 0.4) is 0 Å². The van der Waals surface area contributed by atoms with Crippen LogP contribution in [0.25, 0.3) is 0 Å². The Balaban J connectivity index is 3.82. The van der Waals surface area contributed by atoms with Crippen LogP contribution in [-0.4, -0.2) is 30.9 Å². The Morgan fingerprint density at radius 1 is 0.714 bits per heavy atom. The molecule has 166 valence electrons. The van der Waals surface area contributed by atoms with Gasteiger partial charge in [0.05, 0.1) is 21.1 Å². The van der Waals surface area contributed by atoms with Crippen molar-refractivity contribution in [2.45, 2.75) is 122 Å². The van der Waals surface area contributed by atoms with Crippen molar-refractivity contribution in [2.24, 2.45) is 0 Å². The average Bonchev–Trinajstić information content (AvgIpc) is 2.62. The van der Waals surface area contributed by atoms with Gasteiger partial charge in [0.15, 0.2) is 0 Å². The molecular formula is C24H49NO2P+. The molecule has 3 nitrogen and oxygen atoms in total. The third kappa shape index (κ3) is 11.7. The molecule has 0 spiro atoms. The van der Waals surface area contributed by atoms with E-state index in [0.29, 0.717) is 4.48 Å². The summed E-state index contributed by atoms with van der Waals surface area (Å²) in [4.78, 5) is 12.1. The summed E-state index contributed by atoms with van der Waals surface area (Å²) in [5, 5.41) is -0.594. The molecule has 0 saturated carbocycles. The maximum atomic E-state index is 12.1. The molecule has 0 radical (unpaired) electrons. The first-order valence-corrected chi connectivity index (χ1v) is 13.1. The molecule has 28 heavy (non-hydrogen) atoms. The van der Waals surface area contributed by atoms with Crippen molar-refractivity contribution in [3.63, 3.8) is 0 Å². The summed E-state index contributed by atoms with van der Waals surface area (Å²) in [5.41, 5.74) is 0. The molecule has 0 aliphatic heterocycles. The van der Waals surface area contributed by atoms with Gasteiger partial charge in [0.25, 0.3) is 5.28 Å². The molecular weight excluding hydrogens is 365 g/mol. The minimum Gasteiger partial charge on any atom is -0.590 e. The van der Waals surface area contributed by atoms with Crippen molar-refractivity contribution >= 4 is 8.03 Å². The fourth-order valence-corrected chi connectivity index (χ4v) is 5.34. The van der Waals surface area contributed by atoms with Crippen LogP contribution < -0.4 is 4.89 Å². The van der Waals surface area contributed by atoms with Crippen molar-refractivity contribution in [1.82, 2.24) is 0 Å². The van der Waals surface area contributed by atoms with Crippen molar-refractivity contribution < 1.29 is 13.9 Å². The zero-order chi connectivity index (χ0) is 21.3. The number of quaternary nitrogens is 1. The molecule has 0 heterocycles. The molecule has 0 rings (SSSR count). The first-order chi connectivity index (χ1) is 13.3. The molecule has 2 unspecified atom stereocenters. The zero-order valence-electron chi connectivity index (χ0n) is 19.7. The molecule has 0 aromatic carbocycles. The van der Waals surface area contributed by atoms with Gasteiger partial charge < -0.3 is 4.89 Å². The van der Waals surface area contributed by atoms with E-state index in [-0.39, 0.29) is 0 Å². The summed E-state index contributed by atoms with van der Waals surface area (Å²) < 4.78 is 12.6. The van der Waals surface area contributed by atoms with Crippen LogP contribution in [0.1, 0.15) is 117 Å². The van der Waals surface area contributed by atoms with Crippen molar-refractivity contribution in [2.75, 3.05) is 21.1 Å². The van der Waals surface area contributed by atoms with E-state index in [1.165, 1.54) is 70.6 Å². The number of hydrogen-bond acceptors (Lipinski definition) is 2. The van der Waals surface area contributed by atoms with Gasteiger partial charge in [-0.1, -0.05) is 81.9 Å². The minimum atomic E-state index is -2.42. The second-order valence-corrected chi connectivity index (χ2v) is 10.7. The lowest BCUT2D eigenvalue weighted by molar-refractivity contribution is -0.910. The van der Waals surface area contributed by atoms with E-state index in [1.54, 1.807) is 0 Å². The van der Waals surface area contributed by atoms with Gasteiger partial charge in [-0.25, -0.2) is 0 Å². The molecule has 0 fully saturated rings. The molecule has 0 amide bonds. The van der Waals surface area contributed by atoms with Crippen LogP contribution in [0.15, 0.2) is 12.2 Å². The van der Waals surface area contributed by atoms with Crippen LogP contribution in [-0.2, 0) is 4.57 Å². The SMILES string of the molecule is CCCCCCCC/C=C\CCCCCCCC(CCC)([P+](=O)[O-])[N+](C)(C)C. The van der Waals surface area contributed by atoms with Gasteiger partial charge in [0.1, 0.15) is 0 Å². The normalized spacial score (nSPS) is 15.1. The monoisotopic (exact) mass is 414 g/mol. The summed E-state index contributed by atoms with van der Waals surface area (Å²) in [5.74, 6) is 0. The Kier molecular flexibility index (Phi) is 16.4. The molecule has 0 bridgehead atoms. The second kappa shape index (κ2) is 16.5. The molecule has 4 heteroatoms. The molecule has 0 N–H and O–H groups in total. The maximum absolute atomic E-state index is 12.1. The first-order valence-electron chi connectivity index (χ1n) is 11.9. The highest BCUT2D eigenvalue weighted by atomic mass is 31.1. The Bertz CT molecular complexity index is 417. The summed E-state index contributed by atoms with van der Waals surface area (Å²) in [6.07, 6.45) is 23.8. The van der Waals surface area contributed by atoms with E-state index in [2.05, 4.69) is 26.0 Å². The first kappa shape index (κ1) is 27.8. The van der Waals surface area contributed by atoms with Gasteiger partial charge in [0.2, 0.25) is 0 Å². The third-order valence-corrected chi connectivity index (χ3v) is 7.80. The average molecular weight is 415 g/mol. The van der Waals surface area contributed by atoms with Crippen LogP contribution in [0.2, 0.25) is 0 Å². The topological polar surface area (TPSA) is 40.1 Å². The highest BCUT2D eigenvalue weighted by Gasteiger charge is 2.53. The number of allylic oxidation sites excluding steroid dienone is 2. The zero-order valence-corrected chi connectivity index (χ0v) is 20.6. The summed E-state index contributed by atoms with van der Waals surface area (Å²) in [6.45, 7) is 4.35.